The number of hydrogen-bond donors (Lipinski definition) is 1. The molecular formula is C15H23N3O. The van der Waals surface area contributed by atoms with E-state index >= 15 is 0 Å². The van der Waals surface area contributed by atoms with E-state index in [1.807, 2.05) is 39.8 Å². The van der Waals surface area contributed by atoms with Gasteiger partial charge in [-0.1, -0.05) is 27.7 Å². The summed E-state index contributed by atoms with van der Waals surface area (Å²) in [5.74, 6) is 0.221. The van der Waals surface area contributed by atoms with Crippen molar-refractivity contribution in [1.29, 1.82) is 5.26 Å². The SMILES string of the molecule is CCC(N)(CC)Cn1c(C(C)C)ccc(C#N)c1=O. The van der Waals surface area contributed by atoms with Gasteiger partial charge >= 0.3 is 0 Å². The van der Waals surface area contributed by atoms with Crippen LogP contribution in [0.1, 0.15) is 57.7 Å². The van der Waals surface area contributed by atoms with Gasteiger partial charge in [-0.15, -0.1) is 0 Å². The Labute approximate surface area is 114 Å². The number of pyridine rings is 1. The molecule has 1 aromatic heterocycles. The van der Waals surface area contributed by atoms with E-state index in [2.05, 4.69) is 0 Å². The predicted octanol–water partition coefficient (Wildman–Crippen LogP) is 2.36. The summed E-state index contributed by atoms with van der Waals surface area (Å²) in [6.45, 7) is 8.58. The summed E-state index contributed by atoms with van der Waals surface area (Å²) in [7, 11) is 0. The molecule has 4 nitrogen and oxygen atoms in total. The largest absolute Gasteiger partial charge is 0.324 e. The second-order valence-corrected chi connectivity index (χ2v) is 5.40. The molecule has 0 atom stereocenters. The van der Waals surface area contributed by atoms with Crippen molar-refractivity contribution in [3.8, 4) is 6.07 Å². The van der Waals surface area contributed by atoms with Crippen LogP contribution < -0.4 is 11.3 Å². The Bertz CT molecular complexity index is 533. The number of nitrogens with zero attached hydrogens (tertiary/aromatic N) is 2. The van der Waals surface area contributed by atoms with E-state index in [-0.39, 0.29) is 17.0 Å². The minimum absolute atomic E-state index is 0.180. The topological polar surface area (TPSA) is 71.8 Å². The summed E-state index contributed by atoms with van der Waals surface area (Å²) < 4.78 is 1.68. The van der Waals surface area contributed by atoms with E-state index in [1.165, 1.54) is 0 Å². The number of nitriles is 1. The average molecular weight is 261 g/mol. The summed E-state index contributed by atoms with van der Waals surface area (Å²) in [5.41, 5.74) is 6.79. The van der Waals surface area contributed by atoms with Crippen LogP contribution in [0.3, 0.4) is 0 Å². The smallest absolute Gasteiger partial charge is 0.268 e. The third kappa shape index (κ3) is 3.24. The first-order valence-electron chi connectivity index (χ1n) is 6.81. The molecule has 0 aliphatic heterocycles. The molecule has 0 aromatic carbocycles. The van der Waals surface area contributed by atoms with Gasteiger partial charge in [0.15, 0.2) is 0 Å². The van der Waals surface area contributed by atoms with Crippen LogP contribution in [-0.2, 0) is 6.54 Å². The van der Waals surface area contributed by atoms with Crippen LogP contribution in [0.15, 0.2) is 16.9 Å². The molecule has 0 aliphatic rings. The first-order chi connectivity index (χ1) is 8.88. The molecule has 0 spiro atoms. The Kier molecular flexibility index (Phi) is 4.90. The maximum Gasteiger partial charge on any atom is 0.268 e. The van der Waals surface area contributed by atoms with Crippen molar-refractivity contribution in [2.24, 2.45) is 5.73 Å². The second-order valence-electron chi connectivity index (χ2n) is 5.40. The summed E-state index contributed by atoms with van der Waals surface area (Å²) in [6.07, 6.45) is 1.59. The lowest BCUT2D eigenvalue weighted by atomic mass is 9.93. The lowest BCUT2D eigenvalue weighted by Crippen LogP contribution is -2.46. The van der Waals surface area contributed by atoms with E-state index in [1.54, 1.807) is 10.6 Å². The normalized spacial score (nSPS) is 11.6. The molecule has 0 radical (unpaired) electrons. The van der Waals surface area contributed by atoms with Crippen LogP contribution >= 0.6 is 0 Å². The summed E-state index contributed by atoms with van der Waals surface area (Å²) in [5, 5.41) is 8.99. The Morgan fingerprint density at radius 2 is 1.95 bits per heavy atom. The van der Waals surface area contributed by atoms with Gasteiger partial charge in [0.1, 0.15) is 11.6 Å². The molecule has 0 amide bonds. The van der Waals surface area contributed by atoms with E-state index in [9.17, 15) is 4.79 Å². The van der Waals surface area contributed by atoms with Crippen molar-refractivity contribution < 1.29 is 0 Å². The number of nitrogens with two attached hydrogens (primary N) is 1. The Hall–Kier alpha value is -1.60. The second kappa shape index (κ2) is 6.03. The van der Waals surface area contributed by atoms with Crippen LogP contribution in [0.4, 0.5) is 0 Å². The Morgan fingerprint density at radius 1 is 1.37 bits per heavy atom. The van der Waals surface area contributed by atoms with Gasteiger partial charge in [0.25, 0.3) is 5.56 Å². The minimum Gasteiger partial charge on any atom is -0.324 e. The molecule has 0 unspecified atom stereocenters. The van der Waals surface area contributed by atoms with Crippen molar-refractivity contribution >= 4 is 0 Å². The summed E-state index contributed by atoms with van der Waals surface area (Å²) in [6, 6.07) is 5.41. The van der Waals surface area contributed by atoms with Crippen LogP contribution in [0, 0.1) is 11.3 Å². The fourth-order valence-corrected chi connectivity index (χ4v) is 2.13. The highest BCUT2D eigenvalue weighted by Gasteiger charge is 2.24. The first kappa shape index (κ1) is 15.5. The van der Waals surface area contributed by atoms with Crippen LogP contribution in [0.2, 0.25) is 0 Å². The Morgan fingerprint density at radius 3 is 2.37 bits per heavy atom. The molecule has 0 saturated carbocycles. The van der Waals surface area contributed by atoms with E-state index in [4.69, 9.17) is 11.0 Å². The van der Waals surface area contributed by atoms with Gasteiger partial charge in [0.05, 0.1) is 0 Å². The number of hydrogen-bond acceptors (Lipinski definition) is 3. The monoisotopic (exact) mass is 261 g/mol. The fraction of sp³-hybridized carbons (Fsp3) is 0.600. The highest BCUT2D eigenvalue weighted by Crippen LogP contribution is 2.18. The van der Waals surface area contributed by atoms with Crippen molar-refractivity contribution in [2.45, 2.75) is 58.5 Å². The average Bonchev–Trinajstić information content (AvgIpc) is 2.40. The highest BCUT2D eigenvalue weighted by atomic mass is 16.1. The van der Waals surface area contributed by atoms with Crippen LogP contribution in [0.5, 0.6) is 0 Å². The summed E-state index contributed by atoms with van der Waals surface area (Å²) in [4.78, 5) is 12.3. The van der Waals surface area contributed by atoms with Crippen molar-refractivity contribution in [1.82, 2.24) is 4.57 Å². The van der Waals surface area contributed by atoms with Gasteiger partial charge in [-0.2, -0.15) is 5.26 Å². The van der Waals surface area contributed by atoms with Gasteiger partial charge in [-0.3, -0.25) is 4.79 Å². The van der Waals surface area contributed by atoms with Crippen LogP contribution in [-0.4, -0.2) is 10.1 Å². The molecular weight excluding hydrogens is 238 g/mol. The zero-order valence-corrected chi connectivity index (χ0v) is 12.2. The quantitative estimate of drug-likeness (QED) is 0.884. The third-order valence-electron chi connectivity index (χ3n) is 3.80. The first-order valence-corrected chi connectivity index (χ1v) is 6.81. The summed E-state index contributed by atoms with van der Waals surface area (Å²) >= 11 is 0. The molecule has 0 saturated heterocycles. The zero-order valence-electron chi connectivity index (χ0n) is 12.2. The highest BCUT2D eigenvalue weighted by molar-refractivity contribution is 5.28. The molecule has 1 heterocycles. The van der Waals surface area contributed by atoms with Crippen LogP contribution in [0.25, 0.3) is 0 Å². The van der Waals surface area contributed by atoms with Gasteiger partial charge in [0, 0.05) is 17.8 Å². The number of rotatable bonds is 5. The number of aromatic nitrogens is 1. The van der Waals surface area contributed by atoms with E-state index < -0.39 is 5.54 Å². The predicted molar refractivity (Wildman–Crippen MR) is 77.0 cm³/mol. The molecule has 19 heavy (non-hydrogen) atoms. The molecule has 2 N–H and O–H groups in total. The molecule has 0 fully saturated rings. The maximum absolute atomic E-state index is 12.3. The maximum atomic E-state index is 12.3. The zero-order chi connectivity index (χ0) is 14.6. The standard InChI is InChI=1S/C15H23N3O/c1-5-15(17,6-2)10-18-13(11(3)4)8-7-12(9-16)14(18)19/h7-8,11H,5-6,10,17H2,1-4H3. The minimum atomic E-state index is -0.401. The van der Waals surface area contributed by atoms with Gasteiger partial charge < -0.3 is 10.3 Å². The molecule has 1 aromatic rings. The van der Waals surface area contributed by atoms with Crippen molar-refractivity contribution in [3.05, 3.63) is 33.7 Å². The lowest BCUT2D eigenvalue weighted by Gasteiger charge is -2.29. The molecule has 0 bridgehead atoms. The van der Waals surface area contributed by atoms with E-state index in [0.29, 0.717) is 6.54 Å². The van der Waals surface area contributed by atoms with Gasteiger partial charge in [-0.25, -0.2) is 0 Å². The Balaban J connectivity index is 3.39. The molecule has 0 aliphatic carbocycles. The van der Waals surface area contributed by atoms with Gasteiger partial charge in [-0.05, 0) is 30.9 Å². The van der Waals surface area contributed by atoms with E-state index in [0.717, 1.165) is 18.5 Å². The van der Waals surface area contributed by atoms with Crippen molar-refractivity contribution in [2.75, 3.05) is 0 Å². The van der Waals surface area contributed by atoms with Crippen molar-refractivity contribution in [3.63, 3.8) is 0 Å². The fourth-order valence-electron chi connectivity index (χ4n) is 2.13. The molecule has 4 heteroatoms. The molecule has 1 rings (SSSR count). The third-order valence-corrected chi connectivity index (χ3v) is 3.80. The van der Waals surface area contributed by atoms with Gasteiger partial charge in [0.2, 0.25) is 0 Å². The lowest BCUT2D eigenvalue weighted by molar-refractivity contribution is 0.328. The molecule has 104 valence electrons.